The summed E-state index contributed by atoms with van der Waals surface area (Å²) in [6.07, 6.45) is 0.571. The lowest BCUT2D eigenvalue weighted by Crippen LogP contribution is -2.24. The van der Waals surface area contributed by atoms with Crippen molar-refractivity contribution in [3.8, 4) is 5.75 Å². The molecule has 1 aromatic heterocycles. The number of rotatable bonds is 8. The topological polar surface area (TPSA) is 111 Å². The van der Waals surface area contributed by atoms with Crippen molar-refractivity contribution in [3.05, 3.63) is 36.0 Å². The number of methoxy groups -OCH3 is 1. The number of nitrogens with one attached hydrogen (secondary N) is 1. The Morgan fingerprint density at radius 3 is 2.72 bits per heavy atom. The van der Waals surface area contributed by atoms with Crippen molar-refractivity contribution >= 4 is 21.4 Å². The highest BCUT2D eigenvalue weighted by atomic mass is 32.2. The van der Waals surface area contributed by atoms with Crippen molar-refractivity contribution in [2.24, 2.45) is 5.92 Å². The average molecular weight is 367 g/mol. The summed E-state index contributed by atoms with van der Waals surface area (Å²) in [5.41, 5.74) is 0.406. The van der Waals surface area contributed by atoms with E-state index < -0.39 is 27.3 Å². The van der Waals surface area contributed by atoms with Gasteiger partial charge in [0.25, 0.3) is 0 Å². The minimum absolute atomic E-state index is 0.0562. The van der Waals surface area contributed by atoms with Crippen LogP contribution in [0.4, 0.5) is 5.69 Å². The van der Waals surface area contributed by atoms with Gasteiger partial charge in [0.15, 0.2) is 15.7 Å². The molecule has 0 spiro atoms. The van der Waals surface area contributed by atoms with Crippen LogP contribution in [0.25, 0.3) is 0 Å². The van der Waals surface area contributed by atoms with Gasteiger partial charge in [0.2, 0.25) is 11.8 Å². The highest BCUT2D eigenvalue weighted by molar-refractivity contribution is 7.91. The summed E-state index contributed by atoms with van der Waals surface area (Å²) < 4.78 is 34.5. The van der Waals surface area contributed by atoms with Gasteiger partial charge in [0, 0.05) is 6.42 Å². The van der Waals surface area contributed by atoms with Gasteiger partial charge in [-0.15, -0.1) is 0 Å². The summed E-state index contributed by atoms with van der Waals surface area (Å²) in [5, 5.41) is 6.18. The number of hydrogen-bond acceptors (Lipinski definition) is 7. The first-order valence-corrected chi connectivity index (χ1v) is 9.56. The largest absolute Gasteiger partial charge is 0.495 e. The minimum atomic E-state index is -3.73. The number of amides is 1. The number of benzene rings is 1. The van der Waals surface area contributed by atoms with E-state index >= 15 is 0 Å². The lowest BCUT2D eigenvalue weighted by atomic mass is 10.1. The summed E-state index contributed by atoms with van der Waals surface area (Å²) in [7, 11) is -2.26. The Bertz CT molecular complexity index is 830. The molecule has 0 atom stereocenters. The molecule has 2 aromatic rings. The zero-order valence-corrected chi connectivity index (χ0v) is 15.2. The first-order valence-electron chi connectivity index (χ1n) is 7.74. The molecule has 0 saturated carbocycles. The van der Waals surface area contributed by atoms with Crippen molar-refractivity contribution in [3.63, 3.8) is 0 Å². The number of hydrogen-bond donors (Lipinski definition) is 1. The van der Waals surface area contributed by atoms with E-state index in [4.69, 9.17) is 9.26 Å². The number of sulfone groups is 1. The summed E-state index contributed by atoms with van der Waals surface area (Å²) in [5.74, 6) is -0.580. The SMILES string of the molecule is COc1ccccc1NC(=O)CS(=O)(=O)Cc1noc(CC(C)C)n1. The molecule has 0 fully saturated rings. The van der Waals surface area contributed by atoms with E-state index in [2.05, 4.69) is 15.5 Å². The fourth-order valence-corrected chi connectivity index (χ4v) is 3.25. The Kier molecular flexibility index (Phi) is 6.13. The predicted octanol–water partition coefficient (Wildman–Crippen LogP) is 1.83. The van der Waals surface area contributed by atoms with E-state index in [1.807, 2.05) is 13.8 Å². The molecule has 0 radical (unpaired) electrons. The first-order chi connectivity index (χ1) is 11.8. The molecule has 25 heavy (non-hydrogen) atoms. The maximum absolute atomic E-state index is 12.2. The zero-order chi connectivity index (χ0) is 18.4. The van der Waals surface area contributed by atoms with E-state index in [0.29, 0.717) is 29.7 Å². The van der Waals surface area contributed by atoms with Crippen LogP contribution < -0.4 is 10.1 Å². The van der Waals surface area contributed by atoms with Crippen LogP contribution >= 0.6 is 0 Å². The smallest absolute Gasteiger partial charge is 0.239 e. The van der Waals surface area contributed by atoms with Crippen LogP contribution in [0.3, 0.4) is 0 Å². The van der Waals surface area contributed by atoms with Gasteiger partial charge in [-0.2, -0.15) is 4.98 Å². The van der Waals surface area contributed by atoms with Gasteiger partial charge in [-0.25, -0.2) is 8.42 Å². The number of anilines is 1. The van der Waals surface area contributed by atoms with Crippen molar-refractivity contribution in [1.82, 2.24) is 10.1 Å². The summed E-state index contributed by atoms with van der Waals surface area (Å²) >= 11 is 0. The van der Waals surface area contributed by atoms with Crippen LogP contribution in [0.2, 0.25) is 0 Å². The van der Waals surface area contributed by atoms with Crippen molar-refractivity contribution in [2.75, 3.05) is 18.2 Å². The molecule has 0 bridgehead atoms. The number of para-hydroxylation sites is 2. The Labute approximate surface area is 146 Å². The van der Waals surface area contributed by atoms with Gasteiger partial charge in [-0.1, -0.05) is 31.1 Å². The molecule has 136 valence electrons. The van der Waals surface area contributed by atoms with Gasteiger partial charge < -0.3 is 14.6 Å². The molecule has 0 aliphatic rings. The third-order valence-corrected chi connectivity index (χ3v) is 4.57. The van der Waals surface area contributed by atoms with Gasteiger partial charge >= 0.3 is 0 Å². The molecule has 0 unspecified atom stereocenters. The standard InChI is InChI=1S/C16H21N3O5S/c1-11(2)8-16-18-14(19-24-16)9-25(21,22)10-15(20)17-12-6-4-5-7-13(12)23-3/h4-7,11H,8-10H2,1-3H3,(H,17,20). The highest BCUT2D eigenvalue weighted by Gasteiger charge is 2.21. The number of nitrogens with zero attached hydrogens (tertiary/aromatic N) is 2. The quantitative estimate of drug-likeness (QED) is 0.757. The Hall–Kier alpha value is -2.42. The molecule has 0 aliphatic heterocycles. The van der Waals surface area contributed by atoms with Crippen molar-refractivity contribution in [1.29, 1.82) is 0 Å². The van der Waals surface area contributed by atoms with Crippen molar-refractivity contribution < 1.29 is 22.5 Å². The minimum Gasteiger partial charge on any atom is -0.495 e. The van der Waals surface area contributed by atoms with Gasteiger partial charge in [0.1, 0.15) is 17.3 Å². The second-order valence-electron chi connectivity index (χ2n) is 5.98. The van der Waals surface area contributed by atoms with Crippen LogP contribution in [-0.2, 0) is 26.8 Å². The maximum Gasteiger partial charge on any atom is 0.239 e. The molecular formula is C16H21N3O5S. The molecule has 0 aliphatic carbocycles. The highest BCUT2D eigenvalue weighted by Crippen LogP contribution is 2.23. The van der Waals surface area contributed by atoms with Crippen LogP contribution in [-0.4, -0.2) is 37.3 Å². The number of carbonyl (C=O) groups excluding carboxylic acids is 1. The second kappa shape index (κ2) is 8.11. The molecule has 0 saturated heterocycles. The zero-order valence-electron chi connectivity index (χ0n) is 14.4. The van der Waals surface area contributed by atoms with Crippen LogP contribution in [0.5, 0.6) is 5.75 Å². The molecule has 2 rings (SSSR count). The van der Waals surface area contributed by atoms with E-state index in [0.717, 1.165) is 0 Å². The fraction of sp³-hybridized carbons (Fsp3) is 0.438. The molecule has 1 heterocycles. The molecular weight excluding hydrogens is 346 g/mol. The van der Waals surface area contributed by atoms with Crippen LogP contribution in [0.1, 0.15) is 25.6 Å². The molecule has 1 aromatic carbocycles. The molecule has 1 amide bonds. The summed E-state index contributed by atoms with van der Waals surface area (Å²) in [6, 6.07) is 6.75. The lowest BCUT2D eigenvalue weighted by molar-refractivity contribution is -0.113. The third-order valence-electron chi connectivity index (χ3n) is 3.17. The fourth-order valence-electron chi connectivity index (χ4n) is 2.16. The average Bonchev–Trinajstić information content (AvgIpc) is 2.92. The lowest BCUT2D eigenvalue weighted by Gasteiger charge is -2.09. The van der Waals surface area contributed by atoms with Gasteiger partial charge in [-0.05, 0) is 18.1 Å². The van der Waals surface area contributed by atoms with E-state index in [1.54, 1.807) is 24.3 Å². The van der Waals surface area contributed by atoms with Crippen LogP contribution in [0.15, 0.2) is 28.8 Å². The van der Waals surface area contributed by atoms with E-state index in [1.165, 1.54) is 7.11 Å². The molecule has 1 N–H and O–H groups in total. The monoisotopic (exact) mass is 367 g/mol. The third kappa shape index (κ3) is 5.86. The number of carbonyl (C=O) groups is 1. The Balaban J connectivity index is 1.98. The van der Waals surface area contributed by atoms with E-state index in [9.17, 15) is 13.2 Å². The number of aromatic nitrogens is 2. The molecule has 9 heteroatoms. The normalized spacial score (nSPS) is 11.5. The molecule has 8 nitrogen and oxygen atoms in total. The Morgan fingerprint density at radius 1 is 1.32 bits per heavy atom. The summed E-state index contributed by atoms with van der Waals surface area (Å²) in [4.78, 5) is 16.1. The van der Waals surface area contributed by atoms with Gasteiger partial charge in [-0.3, -0.25) is 4.79 Å². The van der Waals surface area contributed by atoms with Crippen LogP contribution in [0, 0.1) is 5.92 Å². The number of ether oxygens (including phenoxy) is 1. The second-order valence-corrected chi connectivity index (χ2v) is 8.05. The first kappa shape index (κ1) is 18.9. The Morgan fingerprint density at radius 2 is 2.04 bits per heavy atom. The maximum atomic E-state index is 12.2. The van der Waals surface area contributed by atoms with Crippen molar-refractivity contribution in [2.45, 2.75) is 26.0 Å². The predicted molar refractivity (Wildman–Crippen MR) is 92.0 cm³/mol. The van der Waals surface area contributed by atoms with Gasteiger partial charge in [0.05, 0.1) is 12.8 Å². The van der Waals surface area contributed by atoms with E-state index in [-0.39, 0.29) is 5.82 Å². The summed E-state index contributed by atoms with van der Waals surface area (Å²) in [6.45, 7) is 3.98.